The van der Waals surface area contributed by atoms with E-state index in [4.69, 9.17) is 67.1 Å². The Hall–Kier alpha value is -13.4. The highest BCUT2D eigenvalue weighted by Crippen LogP contribution is 2.39. The predicted molar refractivity (Wildman–Crippen MR) is 417 cm³/mol. The third kappa shape index (κ3) is 13.4. The van der Waals surface area contributed by atoms with Crippen LogP contribution in [0.4, 0.5) is 34.4 Å². The number of nitrogens with zero attached hydrogens (tertiary/aromatic N) is 19. The van der Waals surface area contributed by atoms with Crippen molar-refractivity contribution in [3.63, 3.8) is 0 Å². The molecule has 1 amide bonds. The number of aromatic amines is 1. The van der Waals surface area contributed by atoms with Gasteiger partial charge < -0.3 is 47.0 Å². The normalized spacial score (nSPS) is 12.4. The Kier molecular flexibility index (Phi) is 17.8. The van der Waals surface area contributed by atoms with E-state index in [-0.39, 0.29) is 24.1 Å². The summed E-state index contributed by atoms with van der Waals surface area (Å²) in [5, 5.41) is 33.4. The first-order valence-corrected chi connectivity index (χ1v) is 35.7. The van der Waals surface area contributed by atoms with Gasteiger partial charge in [-0.1, -0.05) is 72.0 Å². The number of H-pyrrole nitrogens is 1. The van der Waals surface area contributed by atoms with Crippen LogP contribution < -0.4 is 42.6 Å². The number of rotatable bonds is 15. The van der Waals surface area contributed by atoms with Crippen LogP contribution in [0.25, 0.3) is 121 Å². The van der Waals surface area contributed by atoms with Crippen molar-refractivity contribution in [3.8, 4) is 45.5 Å². The molecule has 0 radical (unpaired) electrons. The van der Waals surface area contributed by atoms with Crippen molar-refractivity contribution in [1.29, 1.82) is 0 Å². The second-order valence-corrected chi connectivity index (χ2v) is 27.8. The van der Waals surface area contributed by atoms with E-state index in [1.807, 2.05) is 80.9 Å². The highest BCUT2D eigenvalue weighted by molar-refractivity contribution is 7.22. The molecule has 0 saturated carbocycles. The molecule has 107 heavy (non-hydrogen) atoms. The van der Waals surface area contributed by atoms with Gasteiger partial charge in [0.2, 0.25) is 17.7 Å². The molecule has 18 rings (SSSR count). The lowest BCUT2D eigenvalue weighted by atomic mass is 10.1. The maximum Gasteiger partial charge on any atom is 0.292 e. The lowest BCUT2D eigenvalue weighted by Gasteiger charge is -2.21. The summed E-state index contributed by atoms with van der Waals surface area (Å²) in [5.41, 5.74) is 39.0. The molecule has 536 valence electrons. The molecule has 1 aliphatic rings. The third-order valence-electron chi connectivity index (χ3n) is 18.4. The second kappa shape index (κ2) is 28.0. The molecule has 0 bridgehead atoms. The number of aryl methyl sites for hydroxylation is 3. The minimum absolute atomic E-state index is 0.0132. The van der Waals surface area contributed by atoms with Gasteiger partial charge in [0, 0.05) is 59.1 Å². The Balaban J connectivity index is 0.000000123. The van der Waals surface area contributed by atoms with Crippen LogP contribution >= 0.6 is 11.3 Å². The molecule has 0 aliphatic carbocycles. The maximum atomic E-state index is 11.5. The van der Waals surface area contributed by atoms with Crippen LogP contribution in [0.5, 0.6) is 11.8 Å². The highest BCUT2D eigenvalue weighted by atomic mass is 32.1. The van der Waals surface area contributed by atoms with Crippen LogP contribution in [0.3, 0.4) is 0 Å². The minimum atomic E-state index is -0.164. The molecule has 13 heterocycles. The quantitative estimate of drug-likeness (QED) is 0.0555. The smallest absolute Gasteiger partial charge is 0.292 e. The molecule has 1 fully saturated rings. The van der Waals surface area contributed by atoms with Gasteiger partial charge in [0.15, 0.2) is 27.7 Å². The number of amides is 1. The fourth-order valence-electron chi connectivity index (χ4n) is 13.8. The van der Waals surface area contributed by atoms with Crippen LogP contribution in [-0.4, -0.2) is 126 Å². The Morgan fingerprint density at radius 1 is 0.542 bits per heavy atom. The van der Waals surface area contributed by atoms with E-state index >= 15 is 0 Å². The number of aromatic nitrogens is 19. The van der Waals surface area contributed by atoms with Crippen molar-refractivity contribution in [2.45, 2.75) is 100 Å². The van der Waals surface area contributed by atoms with Crippen molar-refractivity contribution in [2.24, 2.45) is 0 Å². The average Bonchev–Trinajstić information content (AvgIpc) is 1.64. The van der Waals surface area contributed by atoms with Crippen LogP contribution in [0.1, 0.15) is 81.2 Å². The number of hydrogen-bond acceptors (Lipinski definition) is 25. The van der Waals surface area contributed by atoms with Crippen LogP contribution in [0, 0.1) is 20.8 Å². The lowest BCUT2D eigenvalue weighted by Crippen LogP contribution is -2.20. The van der Waals surface area contributed by atoms with E-state index < -0.39 is 0 Å². The largest absolute Gasteiger partial charge is 0.474 e. The third-order valence-corrected chi connectivity index (χ3v) is 19.3. The van der Waals surface area contributed by atoms with Gasteiger partial charge >= 0.3 is 0 Å². The molecule has 30 heteroatoms. The number of carbonyl (C=O) groups is 1. The van der Waals surface area contributed by atoms with Gasteiger partial charge in [0.05, 0.1) is 81.5 Å². The first kappa shape index (κ1) is 68.1. The lowest BCUT2D eigenvalue weighted by molar-refractivity contribution is -0.114. The number of ether oxygens (including phenoxy) is 2. The summed E-state index contributed by atoms with van der Waals surface area (Å²) >= 11 is 1.40. The fourth-order valence-corrected chi connectivity index (χ4v) is 14.7. The van der Waals surface area contributed by atoms with Crippen molar-refractivity contribution in [3.05, 3.63) is 174 Å². The summed E-state index contributed by atoms with van der Waals surface area (Å²) in [6.07, 6.45) is 10.2. The predicted octanol–water partition coefficient (Wildman–Crippen LogP) is 13.1. The molecule has 17 aromatic rings. The number of pyridine rings is 3. The van der Waals surface area contributed by atoms with Crippen LogP contribution in [0.2, 0.25) is 0 Å². The van der Waals surface area contributed by atoms with Gasteiger partial charge in [-0.3, -0.25) is 9.89 Å². The summed E-state index contributed by atoms with van der Waals surface area (Å²) < 4.78 is 24.0. The van der Waals surface area contributed by atoms with Crippen LogP contribution in [0.15, 0.2) is 145 Å². The van der Waals surface area contributed by atoms with Crippen molar-refractivity contribution >= 4 is 138 Å². The molecule has 10 N–H and O–H groups in total. The molecule has 5 aromatic carbocycles. The second-order valence-electron chi connectivity index (χ2n) is 26.8. The van der Waals surface area contributed by atoms with Gasteiger partial charge in [-0.2, -0.15) is 25.4 Å². The molecule has 1 aliphatic heterocycles. The van der Waals surface area contributed by atoms with E-state index in [0.29, 0.717) is 110 Å². The number of benzene rings is 5. The van der Waals surface area contributed by atoms with E-state index in [1.54, 1.807) is 21.8 Å². The summed E-state index contributed by atoms with van der Waals surface area (Å²) in [6.45, 7) is 19.0. The van der Waals surface area contributed by atoms with Gasteiger partial charge in [-0.15, -0.1) is 0 Å². The average molecular weight is 1440 g/mol. The number of thiazole rings is 1. The Labute approximate surface area is 614 Å². The number of nitrogens with one attached hydrogen (secondary N) is 2. The number of anilines is 6. The number of nitrogen functional groups attached to an aromatic ring is 4. The number of nitrogens with two attached hydrogens (primary N) is 4. The van der Waals surface area contributed by atoms with E-state index in [2.05, 4.69) is 142 Å². The summed E-state index contributed by atoms with van der Waals surface area (Å²) in [4.78, 5) is 63.6. The Morgan fingerprint density at radius 3 is 1.51 bits per heavy atom. The standard InChI is InChI=1S/C28H26N8O2S.C26H24N8O2.C23H23N9/c1-14(2)38-27-22-15(3)6-5-7-17(22)10-19(33-27)12-36-26-23(25(29)30-13-31-26)24(35-36)18-8-9-20-21(11-18)39-28(34-20)32-16(4)37;1-13(2)35-25-20-14(3)5-4-6-15(20)9-17(31-25)11-34-24-21(23(27)29-12-30-24)22(33-34)16-7-8-19-18(10-16)32-26(28)36-19;1-14-5-4-6-15-9-17(29-23(18(14)15)31-7-2-3-8-31)12-32-22-19(21(24)25-13-26-22)20(30-32)16-10-27-28-11-16/h5-11,13-14H,12H2,1-4H3,(H2,29,30,31)(H,32,34,37);4-10,12-13H,11H2,1-3H3,(H2,28,32)(H2,27,29,30);4-6,9-11,13H,2-3,7-8,12H2,1H3,(H,27,28)(H2,24,25,26). The van der Waals surface area contributed by atoms with Gasteiger partial charge in [0.25, 0.3) is 6.01 Å². The number of fused-ring (bicyclic) bond motifs is 8. The number of hydrogen-bond donors (Lipinski definition) is 6. The number of carbonyl (C=O) groups excluding carboxylic acids is 1. The first-order chi connectivity index (χ1) is 51.8. The van der Waals surface area contributed by atoms with E-state index in [1.165, 1.54) is 66.4 Å². The van der Waals surface area contributed by atoms with E-state index in [0.717, 1.165) is 101 Å². The Morgan fingerprint density at radius 2 is 1.02 bits per heavy atom. The first-order valence-electron chi connectivity index (χ1n) is 34.8. The van der Waals surface area contributed by atoms with Crippen molar-refractivity contribution in [2.75, 3.05) is 46.2 Å². The van der Waals surface area contributed by atoms with Crippen molar-refractivity contribution < 1.29 is 18.7 Å². The molecule has 29 nitrogen and oxygen atoms in total. The zero-order valence-corrected chi connectivity index (χ0v) is 60.5. The zero-order valence-electron chi connectivity index (χ0n) is 59.7. The maximum absolute atomic E-state index is 11.5. The Bertz CT molecular complexity index is 6290. The van der Waals surface area contributed by atoms with Crippen LogP contribution in [-0.2, 0) is 24.4 Å². The van der Waals surface area contributed by atoms with Crippen molar-refractivity contribution in [1.82, 2.24) is 94.4 Å². The molecular weight excluding hydrogens is 1370 g/mol. The summed E-state index contributed by atoms with van der Waals surface area (Å²) in [7, 11) is 0. The summed E-state index contributed by atoms with van der Waals surface area (Å²) in [6, 6.07) is 36.5. The molecule has 0 atom stereocenters. The van der Waals surface area contributed by atoms with Gasteiger partial charge in [-0.25, -0.2) is 63.9 Å². The summed E-state index contributed by atoms with van der Waals surface area (Å²) in [5.74, 6) is 3.19. The fraction of sp³-hybridized carbons (Fsp3) is 0.221. The highest BCUT2D eigenvalue weighted by Gasteiger charge is 2.26. The molecular formula is C77H73N25O4S. The van der Waals surface area contributed by atoms with Gasteiger partial charge in [-0.05, 0) is 143 Å². The monoisotopic (exact) mass is 1440 g/mol. The minimum Gasteiger partial charge on any atom is -0.474 e. The molecule has 1 saturated heterocycles. The topological polar surface area (TPSA) is 392 Å². The number of oxazole rings is 1. The SMILES string of the molecule is CC(=O)Nc1nc2ccc(-c3nn(Cc4cc5cccc(C)c5c(OC(C)C)n4)c4ncnc(N)c34)cc2s1.Cc1cccc2cc(Cn3nc(-c4ccc5oc(N)nc5c4)c4c(N)ncnc43)nc(OC(C)C)c12.Cc1cccc2cc(Cn3nc(-c4cn[nH]c4)c4c(N)ncnc43)nc(N3CCCC3)c12. The molecule has 0 spiro atoms. The zero-order chi connectivity index (χ0) is 73.9. The molecule has 12 aromatic heterocycles. The molecule has 0 unspecified atom stereocenters. The van der Waals surface area contributed by atoms with Gasteiger partial charge in [0.1, 0.15) is 64.9 Å². The van der Waals surface area contributed by atoms with E-state index in [9.17, 15) is 4.79 Å².